The van der Waals surface area contributed by atoms with Gasteiger partial charge < -0.3 is 10.1 Å². The van der Waals surface area contributed by atoms with Gasteiger partial charge in [0.1, 0.15) is 10.8 Å². The van der Waals surface area contributed by atoms with E-state index < -0.39 is 11.7 Å². The molecule has 0 saturated heterocycles. The summed E-state index contributed by atoms with van der Waals surface area (Å²) in [5.41, 5.74) is 0.185. The SMILES string of the molecule is CC(C)(C)OC(=O)NCCC=Cc1c(Cl)ccnc1Cl. The van der Waals surface area contributed by atoms with E-state index in [4.69, 9.17) is 27.9 Å². The molecular weight excluding hydrogens is 299 g/mol. The van der Waals surface area contributed by atoms with Crippen LogP contribution in [0.3, 0.4) is 0 Å². The van der Waals surface area contributed by atoms with Crippen LogP contribution in [0, 0.1) is 0 Å². The highest BCUT2D eigenvalue weighted by molar-refractivity contribution is 6.36. The predicted octanol–water partition coefficient (Wildman–Crippen LogP) is 4.32. The van der Waals surface area contributed by atoms with Gasteiger partial charge in [-0.05, 0) is 33.3 Å². The normalized spacial score (nSPS) is 11.7. The Morgan fingerprint density at radius 1 is 1.45 bits per heavy atom. The van der Waals surface area contributed by atoms with Crippen LogP contribution >= 0.6 is 23.2 Å². The van der Waals surface area contributed by atoms with Crippen LogP contribution in [0.15, 0.2) is 18.3 Å². The first-order valence-electron chi connectivity index (χ1n) is 6.23. The Labute approximate surface area is 129 Å². The molecule has 1 amide bonds. The van der Waals surface area contributed by atoms with Crippen molar-refractivity contribution in [1.82, 2.24) is 10.3 Å². The summed E-state index contributed by atoms with van der Waals surface area (Å²) >= 11 is 11.9. The van der Waals surface area contributed by atoms with Crippen molar-refractivity contribution in [3.8, 4) is 0 Å². The molecule has 0 spiro atoms. The molecule has 1 aromatic rings. The maximum Gasteiger partial charge on any atom is 0.407 e. The fourth-order valence-electron chi connectivity index (χ4n) is 1.35. The van der Waals surface area contributed by atoms with Crippen LogP contribution in [0.5, 0.6) is 0 Å². The third-order valence-corrected chi connectivity index (χ3v) is 2.78. The van der Waals surface area contributed by atoms with Gasteiger partial charge in [0, 0.05) is 18.3 Å². The lowest BCUT2D eigenvalue weighted by molar-refractivity contribution is 0.0529. The zero-order valence-corrected chi connectivity index (χ0v) is 13.3. The van der Waals surface area contributed by atoms with E-state index >= 15 is 0 Å². The molecule has 1 N–H and O–H groups in total. The lowest BCUT2D eigenvalue weighted by Gasteiger charge is -2.19. The van der Waals surface area contributed by atoms with Crippen LogP contribution in [0.2, 0.25) is 10.2 Å². The molecule has 110 valence electrons. The summed E-state index contributed by atoms with van der Waals surface area (Å²) in [4.78, 5) is 15.3. The van der Waals surface area contributed by atoms with E-state index in [-0.39, 0.29) is 0 Å². The molecule has 0 aliphatic carbocycles. The molecular formula is C14H18Cl2N2O2. The maximum atomic E-state index is 11.4. The number of halogens is 2. The average molecular weight is 317 g/mol. The Hall–Kier alpha value is -1.26. The minimum absolute atomic E-state index is 0.355. The van der Waals surface area contributed by atoms with Gasteiger partial charge in [-0.2, -0.15) is 0 Å². The quantitative estimate of drug-likeness (QED) is 0.665. The number of amides is 1. The molecule has 0 bridgehead atoms. The zero-order valence-electron chi connectivity index (χ0n) is 11.7. The first kappa shape index (κ1) is 16.8. The van der Waals surface area contributed by atoms with Crippen molar-refractivity contribution in [2.24, 2.45) is 0 Å². The smallest absolute Gasteiger partial charge is 0.407 e. The first-order chi connectivity index (χ1) is 9.29. The minimum atomic E-state index is -0.489. The van der Waals surface area contributed by atoms with Crippen LogP contribution in [0.1, 0.15) is 32.8 Å². The molecule has 1 rings (SSSR count). The zero-order chi connectivity index (χ0) is 15.2. The van der Waals surface area contributed by atoms with Gasteiger partial charge in [-0.15, -0.1) is 0 Å². The summed E-state index contributed by atoms with van der Waals surface area (Å²) in [5.74, 6) is 0. The fourth-order valence-corrected chi connectivity index (χ4v) is 1.83. The van der Waals surface area contributed by atoms with E-state index in [1.807, 2.05) is 26.8 Å². The molecule has 0 aliphatic rings. The van der Waals surface area contributed by atoms with Crippen molar-refractivity contribution in [3.05, 3.63) is 34.1 Å². The highest BCUT2D eigenvalue weighted by Crippen LogP contribution is 2.23. The van der Waals surface area contributed by atoms with E-state index in [1.165, 1.54) is 0 Å². The second-order valence-corrected chi connectivity index (χ2v) is 5.88. The summed E-state index contributed by atoms with van der Waals surface area (Å²) in [7, 11) is 0. The average Bonchev–Trinajstić information content (AvgIpc) is 2.29. The molecule has 0 aromatic carbocycles. The van der Waals surface area contributed by atoms with Gasteiger partial charge in [-0.1, -0.05) is 35.4 Å². The van der Waals surface area contributed by atoms with Crippen molar-refractivity contribution in [3.63, 3.8) is 0 Å². The molecule has 1 aromatic heterocycles. The van der Waals surface area contributed by atoms with E-state index in [1.54, 1.807) is 18.3 Å². The second-order valence-electron chi connectivity index (χ2n) is 5.12. The number of nitrogens with zero attached hydrogens (tertiary/aromatic N) is 1. The Morgan fingerprint density at radius 2 is 2.15 bits per heavy atom. The number of pyridine rings is 1. The summed E-state index contributed by atoms with van der Waals surface area (Å²) in [6.45, 7) is 5.93. The number of ether oxygens (including phenoxy) is 1. The molecule has 1 heterocycles. The highest BCUT2D eigenvalue weighted by Gasteiger charge is 2.15. The van der Waals surface area contributed by atoms with Gasteiger partial charge in [0.2, 0.25) is 0 Å². The standard InChI is InChI=1S/C14H18Cl2N2O2/c1-14(2,3)20-13(19)18-8-5-4-6-10-11(15)7-9-17-12(10)16/h4,6-7,9H,5,8H2,1-3H3,(H,18,19). The Balaban J connectivity index is 2.38. The summed E-state index contributed by atoms with van der Waals surface area (Å²) in [6, 6.07) is 1.67. The second kappa shape index (κ2) is 7.50. The fraction of sp³-hybridized carbons (Fsp3) is 0.429. The minimum Gasteiger partial charge on any atom is -0.444 e. The Morgan fingerprint density at radius 3 is 2.75 bits per heavy atom. The van der Waals surface area contributed by atoms with Crippen molar-refractivity contribution < 1.29 is 9.53 Å². The van der Waals surface area contributed by atoms with Crippen LogP contribution in [0.25, 0.3) is 6.08 Å². The van der Waals surface area contributed by atoms with E-state index in [2.05, 4.69) is 10.3 Å². The summed E-state index contributed by atoms with van der Waals surface area (Å²) < 4.78 is 5.11. The van der Waals surface area contributed by atoms with Gasteiger partial charge in [-0.25, -0.2) is 9.78 Å². The van der Waals surface area contributed by atoms with E-state index in [0.717, 1.165) is 0 Å². The van der Waals surface area contributed by atoms with Gasteiger partial charge in [0.25, 0.3) is 0 Å². The number of alkyl carbamates (subject to hydrolysis) is 1. The summed E-state index contributed by atoms with van der Waals surface area (Å²) in [6.07, 6.45) is 5.41. The monoisotopic (exact) mass is 316 g/mol. The van der Waals surface area contributed by atoms with Crippen LogP contribution in [-0.4, -0.2) is 23.2 Å². The Bertz CT molecular complexity index is 476. The molecule has 0 aliphatic heterocycles. The molecule has 0 radical (unpaired) electrons. The number of aromatic nitrogens is 1. The van der Waals surface area contributed by atoms with Gasteiger partial charge >= 0.3 is 6.09 Å². The highest BCUT2D eigenvalue weighted by atomic mass is 35.5. The number of rotatable bonds is 4. The number of carbonyl (C=O) groups is 1. The van der Waals surface area contributed by atoms with Crippen molar-refractivity contribution in [1.29, 1.82) is 0 Å². The van der Waals surface area contributed by atoms with E-state index in [0.29, 0.717) is 28.7 Å². The lowest BCUT2D eigenvalue weighted by atomic mass is 10.2. The third kappa shape index (κ3) is 6.26. The maximum absolute atomic E-state index is 11.4. The van der Waals surface area contributed by atoms with Gasteiger partial charge in [0.15, 0.2) is 0 Å². The topological polar surface area (TPSA) is 51.2 Å². The Kier molecular flexibility index (Phi) is 6.30. The van der Waals surface area contributed by atoms with Gasteiger partial charge in [-0.3, -0.25) is 0 Å². The van der Waals surface area contributed by atoms with Crippen molar-refractivity contribution >= 4 is 35.4 Å². The lowest BCUT2D eigenvalue weighted by Crippen LogP contribution is -2.32. The van der Waals surface area contributed by atoms with Crippen LogP contribution in [-0.2, 0) is 4.74 Å². The first-order valence-corrected chi connectivity index (χ1v) is 6.98. The molecule has 0 atom stereocenters. The molecule has 6 heteroatoms. The molecule has 20 heavy (non-hydrogen) atoms. The summed E-state index contributed by atoms with van der Waals surface area (Å²) in [5, 5.41) is 3.56. The van der Waals surface area contributed by atoms with Crippen LogP contribution < -0.4 is 5.32 Å². The van der Waals surface area contributed by atoms with E-state index in [9.17, 15) is 4.79 Å². The van der Waals surface area contributed by atoms with Gasteiger partial charge in [0.05, 0.1) is 5.02 Å². The molecule has 0 fully saturated rings. The molecule has 0 unspecified atom stereocenters. The molecule has 0 saturated carbocycles. The number of nitrogens with one attached hydrogen (secondary N) is 1. The number of carbonyl (C=O) groups excluding carboxylic acids is 1. The van der Waals surface area contributed by atoms with Crippen LogP contribution in [0.4, 0.5) is 4.79 Å². The van der Waals surface area contributed by atoms with Crippen molar-refractivity contribution in [2.75, 3.05) is 6.54 Å². The van der Waals surface area contributed by atoms with Crippen molar-refractivity contribution in [2.45, 2.75) is 32.8 Å². The number of hydrogen-bond acceptors (Lipinski definition) is 3. The largest absolute Gasteiger partial charge is 0.444 e. The molecule has 4 nitrogen and oxygen atoms in total. The predicted molar refractivity (Wildman–Crippen MR) is 82.1 cm³/mol. The third-order valence-electron chi connectivity index (χ3n) is 2.15. The number of hydrogen-bond donors (Lipinski definition) is 1.